The van der Waals surface area contributed by atoms with Crippen LogP contribution in [-0.4, -0.2) is 11.9 Å². The van der Waals surface area contributed by atoms with Crippen LogP contribution < -0.4 is 16.4 Å². The first-order valence-electron chi connectivity index (χ1n) is 5.79. The molecule has 102 valence electrons. The molecule has 20 heavy (non-hydrogen) atoms. The summed E-state index contributed by atoms with van der Waals surface area (Å²) in [7, 11) is 0. The van der Waals surface area contributed by atoms with Crippen LogP contribution in [0.25, 0.3) is 0 Å². The summed E-state index contributed by atoms with van der Waals surface area (Å²) in [6, 6.07) is 13.3. The van der Waals surface area contributed by atoms with Crippen molar-refractivity contribution in [2.75, 3.05) is 10.6 Å². The first-order chi connectivity index (χ1) is 9.58. The van der Waals surface area contributed by atoms with Crippen LogP contribution in [0, 0.1) is 0 Å². The van der Waals surface area contributed by atoms with E-state index >= 15 is 0 Å². The summed E-state index contributed by atoms with van der Waals surface area (Å²) in [5.74, 6) is -0.596. The van der Waals surface area contributed by atoms with Gasteiger partial charge in [-0.25, -0.2) is 4.79 Å². The van der Waals surface area contributed by atoms with E-state index in [9.17, 15) is 9.59 Å². The molecule has 0 aliphatic heterocycles. The number of anilines is 2. The number of hydrogen-bond acceptors (Lipinski definition) is 2. The summed E-state index contributed by atoms with van der Waals surface area (Å²) in [5.41, 5.74) is 6.50. The summed E-state index contributed by atoms with van der Waals surface area (Å²) in [4.78, 5) is 23.2. The van der Waals surface area contributed by atoms with Crippen LogP contribution >= 0.6 is 15.9 Å². The minimum Gasteiger partial charge on any atom is -0.366 e. The number of carbonyl (C=O) groups excluding carboxylic acids is 2. The van der Waals surface area contributed by atoms with Crippen molar-refractivity contribution in [2.24, 2.45) is 5.73 Å². The summed E-state index contributed by atoms with van der Waals surface area (Å²) in [5, 5.41) is 5.27. The molecule has 0 unspecified atom stereocenters. The number of hydrogen-bond donors (Lipinski definition) is 3. The third-order valence-corrected chi connectivity index (χ3v) is 3.25. The van der Waals surface area contributed by atoms with Gasteiger partial charge in [0.2, 0.25) is 0 Å². The Kier molecular flexibility index (Phi) is 4.37. The molecule has 0 aliphatic carbocycles. The van der Waals surface area contributed by atoms with Crippen LogP contribution in [0.4, 0.5) is 16.2 Å². The number of halogens is 1. The lowest BCUT2D eigenvalue weighted by molar-refractivity contribution is 0.100. The molecule has 0 aromatic heterocycles. The predicted octanol–water partition coefficient (Wildman–Crippen LogP) is 3.19. The second-order valence-corrected chi connectivity index (χ2v) is 4.82. The molecule has 2 aromatic rings. The summed E-state index contributed by atoms with van der Waals surface area (Å²) >= 11 is 3.33. The normalized spacial score (nSPS) is 9.85. The lowest BCUT2D eigenvalue weighted by Gasteiger charge is -2.11. The number of para-hydroxylation sites is 2. The van der Waals surface area contributed by atoms with E-state index in [4.69, 9.17) is 5.73 Å². The Balaban J connectivity index is 2.13. The fourth-order valence-electron chi connectivity index (χ4n) is 1.65. The van der Waals surface area contributed by atoms with Crippen molar-refractivity contribution in [1.82, 2.24) is 0 Å². The van der Waals surface area contributed by atoms with E-state index in [-0.39, 0.29) is 5.56 Å². The summed E-state index contributed by atoms with van der Waals surface area (Å²) < 4.78 is 0.762. The number of primary amides is 1. The van der Waals surface area contributed by atoms with Crippen LogP contribution in [0.3, 0.4) is 0 Å². The minimum absolute atomic E-state index is 0.259. The predicted molar refractivity (Wildman–Crippen MR) is 81.7 cm³/mol. The third-order valence-electron chi connectivity index (χ3n) is 2.56. The zero-order valence-corrected chi connectivity index (χ0v) is 12.0. The maximum atomic E-state index is 11.9. The number of benzene rings is 2. The van der Waals surface area contributed by atoms with Gasteiger partial charge in [-0.05, 0) is 40.2 Å². The van der Waals surface area contributed by atoms with Gasteiger partial charge in [0, 0.05) is 4.47 Å². The molecule has 0 bridgehead atoms. The molecule has 4 N–H and O–H groups in total. The first-order valence-corrected chi connectivity index (χ1v) is 6.58. The maximum absolute atomic E-state index is 11.9. The van der Waals surface area contributed by atoms with Crippen molar-refractivity contribution in [1.29, 1.82) is 0 Å². The van der Waals surface area contributed by atoms with Crippen LogP contribution in [0.2, 0.25) is 0 Å². The Morgan fingerprint density at radius 2 is 1.45 bits per heavy atom. The SMILES string of the molecule is NC(=O)c1ccccc1NC(=O)Nc1ccccc1Br. The molecule has 2 aromatic carbocycles. The van der Waals surface area contributed by atoms with Crippen LogP contribution in [0.1, 0.15) is 10.4 Å². The highest BCUT2D eigenvalue weighted by Gasteiger charge is 2.10. The average molecular weight is 334 g/mol. The van der Waals surface area contributed by atoms with E-state index in [1.807, 2.05) is 12.1 Å². The van der Waals surface area contributed by atoms with E-state index in [1.165, 1.54) is 0 Å². The molecule has 0 heterocycles. The van der Waals surface area contributed by atoms with Crippen molar-refractivity contribution in [2.45, 2.75) is 0 Å². The van der Waals surface area contributed by atoms with Crippen molar-refractivity contribution >= 4 is 39.2 Å². The molecule has 5 nitrogen and oxygen atoms in total. The fourth-order valence-corrected chi connectivity index (χ4v) is 2.03. The number of amides is 3. The molecule has 0 saturated heterocycles. The first kappa shape index (κ1) is 14.1. The highest BCUT2D eigenvalue weighted by molar-refractivity contribution is 9.10. The fraction of sp³-hybridized carbons (Fsp3) is 0. The molecule has 0 atom stereocenters. The second kappa shape index (κ2) is 6.21. The zero-order valence-electron chi connectivity index (χ0n) is 10.4. The molecule has 0 spiro atoms. The van der Waals surface area contributed by atoms with Gasteiger partial charge in [-0.2, -0.15) is 0 Å². The van der Waals surface area contributed by atoms with Crippen LogP contribution in [0.15, 0.2) is 53.0 Å². The molecule has 0 saturated carbocycles. The van der Waals surface area contributed by atoms with Crippen molar-refractivity contribution in [3.63, 3.8) is 0 Å². The van der Waals surface area contributed by atoms with E-state index in [2.05, 4.69) is 26.6 Å². The molecule has 6 heteroatoms. The summed E-state index contributed by atoms with van der Waals surface area (Å²) in [6.07, 6.45) is 0. The molecular weight excluding hydrogens is 322 g/mol. The van der Waals surface area contributed by atoms with Gasteiger partial charge in [0.05, 0.1) is 16.9 Å². The Bertz CT molecular complexity index is 658. The van der Waals surface area contributed by atoms with Gasteiger partial charge in [0.1, 0.15) is 0 Å². The second-order valence-electron chi connectivity index (χ2n) is 3.97. The topological polar surface area (TPSA) is 84.2 Å². The van der Waals surface area contributed by atoms with E-state index in [1.54, 1.807) is 36.4 Å². The summed E-state index contributed by atoms with van der Waals surface area (Å²) in [6.45, 7) is 0. The number of rotatable bonds is 3. The smallest absolute Gasteiger partial charge is 0.323 e. The van der Waals surface area contributed by atoms with Crippen LogP contribution in [0.5, 0.6) is 0 Å². The Hall–Kier alpha value is -2.34. The molecule has 2 rings (SSSR count). The Morgan fingerprint density at radius 3 is 2.10 bits per heavy atom. The monoisotopic (exact) mass is 333 g/mol. The zero-order chi connectivity index (χ0) is 14.5. The van der Waals surface area contributed by atoms with Gasteiger partial charge in [-0.1, -0.05) is 24.3 Å². The van der Waals surface area contributed by atoms with Crippen LogP contribution in [-0.2, 0) is 0 Å². The third kappa shape index (κ3) is 3.36. The van der Waals surface area contributed by atoms with Crippen molar-refractivity contribution in [3.8, 4) is 0 Å². The van der Waals surface area contributed by atoms with Gasteiger partial charge in [0.25, 0.3) is 5.91 Å². The molecule has 0 radical (unpaired) electrons. The number of nitrogens with two attached hydrogens (primary N) is 1. The van der Waals surface area contributed by atoms with Gasteiger partial charge < -0.3 is 16.4 Å². The van der Waals surface area contributed by atoms with Gasteiger partial charge in [0.15, 0.2) is 0 Å². The number of nitrogens with one attached hydrogen (secondary N) is 2. The average Bonchev–Trinajstić information content (AvgIpc) is 2.41. The van der Waals surface area contributed by atoms with Gasteiger partial charge in [-0.3, -0.25) is 4.79 Å². The largest absolute Gasteiger partial charge is 0.366 e. The minimum atomic E-state index is -0.596. The van der Waals surface area contributed by atoms with Gasteiger partial charge >= 0.3 is 6.03 Å². The Labute approximate surface area is 124 Å². The standard InChI is InChI=1S/C14H12BrN3O2/c15-10-6-2-4-8-12(10)18-14(20)17-11-7-3-1-5-9(11)13(16)19/h1-8H,(H2,16,19)(H2,17,18,20). The highest BCUT2D eigenvalue weighted by atomic mass is 79.9. The van der Waals surface area contributed by atoms with E-state index in [0.29, 0.717) is 11.4 Å². The number of urea groups is 1. The molecule has 0 aliphatic rings. The molecule has 3 amide bonds. The molecule has 0 fully saturated rings. The van der Waals surface area contributed by atoms with Gasteiger partial charge in [-0.15, -0.1) is 0 Å². The quantitative estimate of drug-likeness (QED) is 0.805. The number of carbonyl (C=O) groups is 2. The Morgan fingerprint density at radius 1 is 0.900 bits per heavy atom. The van der Waals surface area contributed by atoms with E-state index < -0.39 is 11.9 Å². The molecular formula is C14H12BrN3O2. The van der Waals surface area contributed by atoms with Crippen molar-refractivity contribution < 1.29 is 9.59 Å². The maximum Gasteiger partial charge on any atom is 0.323 e. The lowest BCUT2D eigenvalue weighted by Crippen LogP contribution is -2.22. The highest BCUT2D eigenvalue weighted by Crippen LogP contribution is 2.21. The van der Waals surface area contributed by atoms with E-state index in [0.717, 1.165) is 4.47 Å². The lowest BCUT2D eigenvalue weighted by atomic mass is 10.1. The van der Waals surface area contributed by atoms with Crippen molar-refractivity contribution in [3.05, 3.63) is 58.6 Å².